The van der Waals surface area contributed by atoms with Crippen LogP contribution in [-0.4, -0.2) is 48.8 Å². The highest BCUT2D eigenvalue weighted by Crippen LogP contribution is 2.36. The summed E-state index contributed by atoms with van der Waals surface area (Å²) in [4.78, 5) is 18.4. The van der Waals surface area contributed by atoms with Gasteiger partial charge in [-0.2, -0.15) is 0 Å². The van der Waals surface area contributed by atoms with Crippen molar-refractivity contribution in [1.82, 2.24) is 0 Å². The van der Waals surface area contributed by atoms with Crippen LogP contribution in [0.3, 0.4) is 0 Å². The maximum atomic E-state index is 14.5. The molecule has 2 aliphatic heterocycles. The van der Waals surface area contributed by atoms with Crippen molar-refractivity contribution in [3.63, 3.8) is 0 Å². The fraction of sp³-hybridized carbons (Fsp3) is 0.333. The number of benzene rings is 2. The highest BCUT2D eigenvalue weighted by Gasteiger charge is 2.47. The second-order valence-corrected chi connectivity index (χ2v) is 10.8. The number of rotatable bonds is 4. The normalized spacial score (nSPS) is 21.7. The van der Waals surface area contributed by atoms with E-state index < -0.39 is 33.6 Å². The standard InChI is InChI=1S/C21H21F2N3O3S2/c1-12-3-5-16(13(2)7-12)24-20(27)9-30-21-25-17-10-31(28,29)11-19(17)26(21)18-6-4-14(22)8-15(18)23/h3-8,17,19H,9-11H2,1-2H3,(H,24,27)/t17-,19-/m0/s1. The lowest BCUT2D eigenvalue weighted by atomic mass is 10.1. The van der Waals surface area contributed by atoms with Crippen molar-refractivity contribution >= 4 is 44.0 Å². The molecule has 0 aliphatic carbocycles. The summed E-state index contributed by atoms with van der Waals surface area (Å²) in [6, 6.07) is 7.71. The number of thioether (sulfide) groups is 1. The van der Waals surface area contributed by atoms with E-state index in [4.69, 9.17) is 0 Å². The fourth-order valence-corrected chi connectivity index (χ4v) is 6.62. The van der Waals surface area contributed by atoms with Gasteiger partial charge in [0.25, 0.3) is 0 Å². The number of aliphatic imine (C=N–C) groups is 1. The predicted octanol–water partition coefficient (Wildman–Crippen LogP) is 3.30. The fourth-order valence-electron chi connectivity index (χ4n) is 3.86. The van der Waals surface area contributed by atoms with Crippen LogP contribution >= 0.6 is 11.8 Å². The van der Waals surface area contributed by atoms with E-state index in [9.17, 15) is 22.0 Å². The van der Waals surface area contributed by atoms with Crippen molar-refractivity contribution in [2.75, 3.05) is 27.5 Å². The van der Waals surface area contributed by atoms with Gasteiger partial charge in [0.05, 0.1) is 35.0 Å². The molecule has 2 heterocycles. The van der Waals surface area contributed by atoms with E-state index in [1.54, 1.807) is 0 Å². The maximum absolute atomic E-state index is 14.5. The molecule has 0 bridgehead atoms. The number of carbonyl (C=O) groups is 1. The molecule has 0 spiro atoms. The third kappa shape index (κ3) is 4.59. The van der Waals surface area contributed by atoms with Crippen LogP contribution in [0.4, 0.5) is 20.2 Å². The van der Waals surface area contributed by atoms with E-state index in [0.717, 1.165) is 35.0 Å². The SMILES string of the molecule is Cc1ccc(NC(=O)CSC2=N[C@H]3CS(=O)(=O)C[C@@H]3N2c2ccc(F)cc2F)c(C)c1. The van der Waals surface area contributed by atoms with Crippen LogP contribution in [0.2, 0.25) is 0 Å². The zero-order chi connectivity index (χ0) is 22.3. The van der Waals surface area contributed by atoms with Crippen LogP contribution in [0.15, 0.2) is 41.4 Å². The van der Waals surface area contributed by atoms with Gasteiger partial charge in [0.1, 0.15) is 11.6 Å². The Kier molecular flexibility index (Phi) is 5.78. The molecule has 2 aromatic rings. The first-order valence-electron chi connectivity index (χ1n) is 9.65. The van der Waals surface area contributed by atoms with Gasteiger partial charge in [-0.25, -0.2) is 17.2 Å². The molecule has 2 atom stereocenters. The lowest BCUT2D eigenvalue weighted by Gasteiger charge is -2.26. The molecule has 2 aliphatic rings. The Bertz CT molecular complexity index is 1180. The first-order chi connectivity index (χ1) is 14.6. The number of fused-ring (bicyclic) bond motifs is 1. The Hall–Kier alpha value is -2.46. The van der Waals surface area contributed by atoms with Crippen molar-refractivity contribution in [3.05, 3.63) is 59.2 Å². The molecule has 0 unspecified atom stereocenters. The minimum absolute atomic E-state index is 0.0116. The van der Waals surface area contributed by atoms with Crippen LogP contribution in [0.25, 0.3) is 0 Å². The van der Waals surface area contributed by atoms with Crippen LogP contribution in [0, 0.1) is 25.5 Å². The second-order valence-electron chi connectivity index (χ2n) is 7.74. The molecule has 4 rings (SSSR count). The lowest BCUT2D eigenvalue weighted by molar-refractivity contribution is -0.113. The summed E-state index contributed by atoms with van der Waals surface area (Å²) in [6.45, 7) is 3.87. The van der Waals surface area contributed by atoms with E-state index in [0.29, 0.717) is 10.9 Å². The van der Waals surface area contributed by atoms with Gasteiger partial charge >= 0.3 is 0 Å². The Balaban J connectivity index is 1.53. The number of sulfone groups is 1. The van der Waals surface area contributed by atoms with Crippen LogP contribution in [-0.2, 0) is 14.6 Å². The summed E-state index contributed by atoms with van der Waals surface area (Å²) in [5.41, 5.74) is 2.77. The third-order valence-electron chi connectivity index (χ3n) is 5.27. The quantitative estimate of drug-likeness (QED) is 0.750. The summed E-state index contributed by atoms with van der Waals surface area (Å²) in [6.07, 6.45) is 0. The molecule has 10 heteroatoms. The molecule has 6 nitrogen and oxygen atoms in total. The van der Waals surface area contributed by atoms with Gasteiger partial charge < -0.3 is 10.2 Å². The molecular formula is C21H21F2N3O3S2. The number of amidine groups is 1. The summed E-state index contributed by atoms with van der Waals surface area (Å²) in [5, 5.41) is 3.20. The van der Waals surface area contributed by atoms with E-state index in [1.165, 1.54) is 11.0 Å². The number of anilines is 2. The first-order valence-corrected chi connectivity index (χ1v) is 12.5. The van der Waals surface area contributed by atoms with E-state index in [2.05, 4.69) is 10.3 Å². The molecule has 2 aromatic carbocycles. The second kappa shape index (κ2) is 8.23. The van der Waals surface area contributed by atoms with Crippen molar-refractivity contribution in [1.29, 1.82) is 0 Å². The van der Waals surface area contributed by atoms with E-state index >= 15 is 0 Å². The molecule has 164 valence electrons. The Labute approximate surface area is 183 Å². The number of hydrogen-bond donors (Lipinski definition) is 1. The van der Waals surface area contributed by atoms with Crippen LogP contribution in [0.1, 0.15) is 11.1 Å². The first kappa shape index (κ1) is 21.8. The van der Waals surface area contributed by atoms with Gasteiger partial charge in [0.2, 0.25) is 5.91 Å². The Morgan fingerprint density at radius 3 is 2.68 bits per heavy atom. The van der Waals surface area contributed by atoms with E-state index in [1.807, 2.05) is 32.0 Å². The maximum Gasteiger partial charge on any atom is 0.234 e. The van der Waals surface area contributed by atoms with Crippen molar-refractivity contribution in [2.24, 2.45) is 4.99 Å². The minimum atomic E-state index is -3.30. The van der Waals surface area contributed by atoms with Gasteiger partial charge in [-0.3, -0.25) is 9.79 Å². The van der Waals surface area contributed by atoms with Gasteiger partial charge in [-0.15, -0.1) is 0 Å². The number of halogens is 2. The molecule has 0 aromatic heterocycles. The zero-order valence-electron chi connectivity index (χ0n) is 16.9. The van der Waals surface area contributed by atoms with Gasteiger partial charge in [0, 0.05) is 11.8 Å². The number of amides is 1. The van der Waals surface area contributed by atoms with Gasteiger partial charge in [-0.05, 0) is 37.6 Å². The third-order valence-corrected chi connectivity index (χ3v) is 7.93. The number of aryl methyl sites for hydroxylation is 2. The number of hydrogen-bond acceptors (Lipinski definition) is 6. The summed E-state index contributed by atoms with van der Waals surface area (Å²) >= 11 is 1.10. The van der Waals surface area contributed by atoms with Crippen LogP contribution < -0.4 is 10.2 Å². The van der Waals surface area contributed by atoms with Gasteiger partial charge in [-0.1, -0.05) is 29.5 Å². The number of carbonyl (C=O) groups excluding carboxylic acids is 1. The summed E-state index contributed by atoms with van der Waals surface area (Å²) in [7, 11) is -3.30. The minimum Gasteiger partial charge on any atom is -0.325 e. The lowest BCUT2D eigenvalue weighted by Crippen LogP contribution is -2.40. The van der Waals surface area contributed by atoms with Crippen LogP contribution in [0.5, 0.6) is 0 Å². The summed E-state index contributed by atoms with van der Waals surface area (Å²) < 4.78 is 52.1. The molecule has 1 amide bonds. The van der Waals surface area contributed by atoms with Crippen molar-refractivity contribution in [3.8, 4) is 0 Å². The monoisotopic (exact) mass is 465 g/mol. The highest BCUT2D eigenvalue weighted by atomic mass is 32.2. The molecule has 1 fully saturated rings. The molecule has 0 saturated carbocycles. The van der Waals surface area contributed by atoms with Crippen molar-refractivity contribution in [2.45, 2.75) is 25.9 Å². The summed E-state index contributed by atoms with van der Waals surface area (Å²) in [5.74, 6) is -2.08. The molecule has 31 heavy (non-hydrogen) atoms. The molecule has 1 saturated heterocycles. The van der Waals surface area contributed by atoms with Crippen molar-refractivity contribution < 1.29 is 22.0 Å². The Morgan fingerprint density at radius 1 is 1.19 bits per heavy atom. The average Bonchev–Trinajstić information content (AvgIpc) is 3.14. The number of nitrogens with zero attached hydrogens (tertiary/aromatic N) is 2. The van der Waals surface area contributed by atoms with E-state index in [-0.39, 0.29) is 28.9 Å². The Morgan fingerprint density at radius 2 is 1.97 bits per heavy atom. The largest absolute Gasteiger partial charge is 0.325 e. The average molecular weight is 466 g/mol. The smallest absolute Gasteiger partial charge is 0.234 e. The molecule has 1 N–H and O–H groups in total. The molecular weight excluding hydrogens is 444 g/mol. The van der Waals surface area contributed by atoms with Gasteiger partial charge in [0.15, 0.2) is 15.0 Å². The highest BCUT2D eigenvalue weighted by molar-refractivity contribution is 8.14. The number of nitrogens with one attached hydrogen (secondary N) is 1. The molecule has 0 radical (unpaired) electrons. The topological polar surface area (TPSA) is 78.8 Å². The zero-order valence-corrected chi connectivity index (χ0v) is 18.6. The predicted molar refractivity (Wildman–Crippen MR) is 120 cm³/mol.